The maximum Gasteiger partial charge on any atom is 0.329 e. The normalized spacial score (nSPS) is 16.1. The third-order valence-corrected chi connectivity index (χ3v) is 26.3. The maximum atomic E-state index is 13.7. The molecule has 0 bridgehead atoms. The van der Waals surface area contributed by atoms with Crippen LogP contribution in [0.15, 0.2) is 124 Å². The Bertz CT molecular complexity index is 4340. The molecule has 6 aromatic carbocycles. The van der Waals surface area contributed by atoms with Gasteiger partial charge in [0.05, 0.1) is 87.4 Å². The molecule has 0 fully saturated rings. The molecule has 6 aromatic rings. The number of nitrogens with zero attached hydrogens (tertiary/aromatic N) is 3. The molecule has 0 aliphatic carbocycles. The van der Waals surface area contributed by atoms with Crippen LogP contribution in [0.1, 0.15) is 119 Å². The van der Waals surface area contributed by atoms with Gasteiger partial charge in [0.1, 0.15) is 19.0 Å². The number of sulfonamides is 3. The fraction of sp³-hybridized carbons (Fsp3) is 0.494. The van der Waals surface area contributed by atoms with Gasteiger partial charge in [0, 0.05) is 158 Å². The summed E-state index contributed by atoms with van der Waals surface area (Å²) in [6.45, 7) is 3.50. The van der Waals surface area contributed by atoms with Gasteiger partial charge in [-0.2, -0.15) is 0 Å². The highest BCUT2D eigenvalue weighted by Gasteiger charge is 2.36. The van der Waals surface area contributed by atoms with E-state index in [2.05, 4.69) is 44.8 Å². The summed E-state index contributed by atoms with van der Waals surface area (Å²) < 4.78 is 128. The van der Waals surface area contributed by atoms with Gasteiger partial charge in [-0.3, -0.25) is 19.2 Å². The highest BCUT2D eigenvalue weighted by Crippen LogP contribution is 2.43. The predicted octanol–water partition coefficient (Wildman–Crippen LogP) is 9.55. The van der Waals surface area contributed by atoms with Crippen LogP contribution in [0.25, 0.3) is 0 Å². The van der Waals surface area contributed by atoms with Crippen LogP contribution in [0.4, 0.5) is 0 Å². The van der Waals surface area contributed by atoms with Crippen molar-refractivity contribution < 1.29 is 87.5 Å². The molecule has 3 aliphatic rings. The third-order valence-electron chi connectivity index (χ3n) is 20.2. The summed E-state index contributed by atoms with van der Waals surface area (Å²) in [5.41, 5.74) is 6.68. The van der Waals surface area contributed by atoms with E-state index in [0.717, 1.165) is 50.1 Å². The van der Waals surface area contributed by atoms with Crippen LogP contribution >= 0.6 is 69.6 Å². The van der Waals surface area contributed by atoms with Crippen molar-refractivity contribution in [2.45, 2.75) is 109 Å². The lowest BCUT2D eigenvalue weighted by molar-refractivity contribution is -0.144. The minimum atomic E-state index is -3.92. The van der Waals surface area contributed by atoms with E-state index in [1.807, 2.05) is 57.5 Å². The number of amides is 3. The van der Waals surface area contributed by atoms with Gasteiger partial charge in [0.2, 0.25) is 47.8 Å². The first-order valence-electron chi connectivity index (χ1n) is 38.8. The van der Waals surface area contributed by atoms with Crippen molar-refractivity contribution >= 4 is 129 Å². The summed E-state index contributed by atoms with van der Waals surface area (Å²) in [4.78, 5) is 72.4. The summed E-state index contributed by atoms with van der Waals surface area (Å²) in [5, 5.41) is 20.8. The van der Waals surface area contributed by atoms with Crippen LogP contribution in [0, 0.1) is 0 Å². The molecule has 646 valence electrons. The minimum absolute atomic E-state index is 0.0157. The first-order valence-corrected chi connectivity index (χ1v) is 45.5. The van der Waals surface area contributed by atoms with Crippen LogP contribution in [0.5, 0.6) is 0 Å². The third kappa shape index (κ3) is 29.9. The number of fused-ring (bicyclic) bond motifs is 3. The van der Waals surface area contributed by atoms with Crippen LogP contribution < -0.4 is 30.1 Å². The molecule has 0 radical (unpaired) electrons. The molecular weight excluding hydrogens is 1710 g/mol. The molecule has 3 aliphatic heterocycles. The highest BCUT2D eigenvalue weighted by atomic mass is 35.5. The Hall–Kier alpha value is -6.06. The molecule has 28 nitrogen and oxygen atoms in total. The van der Waals surface area contributed by atoms with Crippen molar-refractivity contribution in [3.8, 4) is 0 Å². The quantitative estimate of drug-likeness (QED) is 0.0175. The number of ether oxygens (including phenoxy) is 7. The van der Waals surface area contributed by atoms with Gasteiger partial charge in [-0.1, -0.05) is 106 Å². The van der Waals surface area contributed by atoms with Gasteiger partial charge in [0.15, 0.2) is 0 Å². The summed E-state index contributed by atoms with van der Waals surface area (Å²) in [5.74, 6) is -3.69. The van der Waals surface area contributed by atoms with E-state index in [9.17, 15) is 54.3 Å². The number of Topliss-reactive ketones (excluding diaryl/α,β-unsaturated/α-hetero) is 1. The molecule has 118 heavy (non-hydrogen) atoms. The number of carbonyl (C=O) groups excluding carboxylic acids is 4. The molecule has 0 aromatic heterocycles. The average Bonchev–Trinajstić information content (AvgIpc) is 0.780. The second-order valence-corrected chi connectivity index (χ2v) is 37.1. The largest absolute Gasteiger partial charge is 0.480 e. The molecule has 9 rings (SSSR count). The lowest BCUT2D eigenvalue weighted by Crippen LogP contribution is -2.51. The second-order valence-electron chi connectivity index (χ2n) is 29.3. The van der Waals surface area contributed by atoms with Crippen molar-refractivity contribution in [1.29, 1.82) is 0 Å². The predicted molar refractivity (Wildman–Crippen MR) is 451 cm³/mol. The smallest absolute Gasteiger partial charge is 0.329 e. The average molecular weight is 1820 g/mol. The first kappa shape index (κ1) is 95.8. The van der Waals surface area contributed by atoms with Crippen LogP contribution in [0.3, 0.4) is 0 Å². The molecule has 0 saturated carbocycles. The lowest BCUT2D eigenvalue weighted by Gasteiger charge is -2.35. The van der Waals surface area contributed by atoms with E-state index in [1.54, 1.807) is 54.6 Å². The van der Waals surface area contributed by atoms with E-state index in [1.165, 1.54) is 18.2 Å². The number of nitrogens with one attached hydrogen (secondary N) is 6. The number of halogens is 6. The molecule has 0 spiro atoms. The van der Waals surface area contributed by atoms with Crippen LogP contribution in [-0.4, -0.2) is 246 Å². The Balaban J connectivity index is 0.709. The highest BCUT2D eigenvalue weighted by molar-refractivity contribution is 7.90. The van der Waals surface area contributed by atoms with Crippen molar-refractivity contribution in [3.05, 3.63) is 189 Å². The van der Waals surface area contributed by atoms with Gasteiger partial charge < -0.3 is 68.9 Å². The topological polar surface area (TPSA) is 355 Å². The van der Waals surface area contributed by atoms with E-state index in [4.69, 9.17) is 103 Å². The molecule has 0 saturated heterocycles. The molecular formula is C81H103Cl6N9O19S3. The van der Waals surface area contributed by atoms with E-state index in [0.29, 0.717) is 75.8 Å². The Morgan fingerprint density at radius 3 is 1.08 bits per heavy atom. The zero-order chi connectivity index (χ0) is 85.0. The number of ketones is 1. The summed E-state index contributed by atoms with van der Waals surface area (Å²) in [6.07, 6.45) is -0.304. The summed E-state index contributed by atoms with van der Waals surface area (Å²) >= 11 is 38.9. The number of hydrogen-bond acceptors (Lipinski definition) is 21. The Kier molecular flexibility index (Phi) is 38.1. The van der Waals surface area contributed by atoms with Crippen LogP contribution in [-0.2, 0) is 107 Å². The number of carboxylic acids is 1. The van der Waals surface area contributed by atoms with Gasteiger partial charge in [-0.05, 0) is 170 Å². The van der Waals surface area contributed by atoms with Crippen molar-refractivity contribution in [3.63, 3.8) is 0 Å². The number of rotatable bonds is 51. The molecule has 37 heteroatoms. The second kappa shape index (κ2) is 47.0. The lowest BCUT2D eigenvalue weighted by atomic mass is 9.82. The standard InChI is InChI=1S/C81H103Cl6N9O19S3/c1-94-47-68(65-41-58(82)44-74(85)71(65)50-94)55-8-4-12-62(38-55)116(103,104)90-23-29-112-33-32-109-26-7-11-61(97)15-18-81(93-79(100)53-115-54-80(101)102,19-16-77(98)88-21-27-110-34-36-113-30-24-91-117(105,106)63-13-5-9-56(39-63)69-48-95(2)51-72-66(69)42-59(83)45-75(72)86)20-17-78(99)89-22-28-111-35-37-114-31-25-92-118(107,108)64-14-6-10-57(40-64)70-49-96(3)52-73-67(70)43-60(84)46-76(73)87/h4-6,8-10,12-14,38-46,68-70,90-92H,7,11,15-37,47-54H2,1-3H3,(H,88,98)(H,89,99)(H,93,100)(H,101,102)/t68-,69-,70-/m0/s1. The monoisotopic (exact) mass is 1810 g/mol. The molecule has 3 heterocycles. The van der Waals surface area contributed by atoms with Gasteiger partial charge in [-0.25, -0.2) is 44.2 Å². The molecule has 7 N–H and O–H groups in total. The van der Waals surface area contributed by atoms with Crippen molar-refractivity contribution in [2.24, 2.45) is 0 Å². The SMILES string of the molecule is CN1Cc2c(Cl)cc(Cl)cc2[C@H](c2cccc(S(=O)(=O)NCCOCCOCCCC(=O)CCC(CCC(=O)NCCOCCOCCNS(=O)(=O)c3cccc([C@@H]4CN(C)Cc5c(Cl)cc(Cl)cc54)c3)(CCC(=O)NCCOCCOCCNS(=O)(=O)c3cccc([C@@H]4CN(C)Cc5c(Cl)cc(Cl)cc54)c3)NC(=O)COCC(=O)O)c2)C1. The number of benzene rings is 6. The zero-order valence-electron chi connectivity index (χ0n) is 66.1. The fourth-order valence-corrected chi connectivity index (χ4v) is 19.4. The van der Waals surface area contributed by atoms with E-state index < -0.39 is 72.5 Å². The number of likely N-dealkylation sites (N-methyl/N-ethyl adjacent to an activating group) is 3. The first-order chi connectivity index (χ1) is 56.4. The van der Waals surface area contributed by atoms with Crippen molar-refractivity contribution in [1.82, 2.24) is 44.8 Å². The molecule has 3 atom stereocenters. The van der Waals surface area contributed by atoms with Gasteiger partial charge in [0.25, 0.3) is 0 Å². The summed E-state index contributed by atoms with van der Waals surface area (Å²) in [7, 11) is -5.85. The number of aliphatic carboxylic acids is 1. The van der Waals surface area contributed by atoms with E-state index in [-0.39, 0.29) is 195 Å². The van der Waals surface area contributed by atoms with Crippen molar-refractivity contribution in [2.75, 3.05) is 166 Å². The van der Waals surface area contributed by atoms with E-state index >= 15 is 0 Å². The zero-order valence-corrected chi connectivity index (χ0v) is 73.1. The Labute approximate surface area is 720 Å². The fourth-order valence-electron chi connectivity index (χ4n) is 14.5. The number of hydrogen-bond donors (Lipinski definition) is 7. The number of carboxylic acid groups (broad SMARTS) is 1. The number of carbonyl (C=O) groups is 5. The summed E-state index contributed by atoms with van der Waals surface area (Å²) in [6, 6.07) is 31.0. The minimum Gasteiger partial charge on any atom is -0.480 e. The molecule has 0 unspecified atom stereocenters. The van der Waals surface area contributed by atoms with Gasteiger partial charge >= 0.3 is 5.97 Å². The Morgan fingerprint density at radius 2 is 0.737 bits per heavy atom. The maximum absolute atomic E-state index is 13.7. The van der Waals surface area contributed by atoms with Gasteiger partial charge in [-0.15, -0.1) is 0 Å². The Morgan fingerprint density at radius 1 is 0.407 bits per heavy atom. The van der Waals surface area contributed by atoms with Crippen LogP contribution in [0.2, 0.25) is 30.1 Å². The molecule has 3 amide bonds.